The molecule has 11 nitrogen and oxygen atoms in total. The van der Waals surface area contributed by atoms with Gasteiger partial charge in [0.15, 0.2) is 6.04 Å². The number of carboxylic acids is 1. The van der Waals surface area contributed by atoms with E-state index in [9.17, 15) is 34.1 Å². The predicted molar refractivity (Wildman–Crippen MR) is 235 cm³/mol. The monoisotopic (exact) mass is 836 g/mol. The van der Waals surface area contributed by atoms with Gasteiger partial charge in [0.05, 0.1) is 13.2 Å². The molecular formula is C46H78NO10P. The summed E-state index contributed by atoms with van der Waals surface area (Å²) in [6, 6.07) is -1.56. The molecule has 0 aliphatic rings. The molecule has 0 aromatic rings. The Bertz CT molecular complexity index is 1260. The largest absolute Gasteiger partial charge is 0.480 e. The molecule has 3 atom stereocenters. The summed E-state index contributed by atoms with van der Waals surface area (Å²) in [5, 5.41) is 21.8. The molecule has 332 valence electrons. The molecule has 0 radical (unpaired) electrons. The van der Waals surface area contributed by atoms with Crippen molar-refractivity contribution in [2.75, 3.05) is 19.8 Å². The fraction of sp³-hybridized carbons (Fsp3) is 0.674. The van der Waals surface area contributed by atoms with Crippen LogP contribution in [-0.4, -0.2) is 64.9 Å². The first-order chi connectivity index (χ1) is 28.1. The Labute approximate surface area is 350 Å². The average Bonchev–Trinajstić information content (AvgIpc) is 3.20. The van der Waals surface area contributed by atoms with E-state index in [0.717, 1.165) is 116 Å². The van der Waals surface area contributed by atoms with Crippen molar-refractivity contribution in [3.63, 3.8) is 0 Å². The average molecular weight is 836 g/mol. The van der Waals surface area contributed by atoms with Gasteiger partial charge in [-0.15, -0.1) is 0 Å². The first kappa shape index (κ1) is 54.9. The number of phosphoric ester groups is 1. The van der Waals surface area contributed by atoms with Gasteiger partial charge in [-0.1, -0.05) is 151 Å². The maximum Gasteiger partial charge on any atom is 0.472 e. The number of carbonyl (C=O) groups excluding carboxylic acids is 2. The third kappa shape index (κ3) is 39.7. The maximum atomic E-state index is 12.3. The van der Waals surface area contributed by atoms with Crippen molar-refractivity contribution < 1.29 is 47.8 Å². The number of esters is 1. The van der Waals surface area contributed by atoms with Gasteiger partial charge >= 0.3 is 19.8 Å². The van der Waals surface area contributed by atoms with Gasteiger partial charge in [-0.2, -0.15) is 0 Å². The standard InChI is InChI=1S/C46H78NO10P/c1-3-5-7-9-11-13-15-17-19-21-23-25-27-29-31-33-35-37-44(49)47-43(46(51)52)41-57-58(53,54)56-40-42(48)39-55-45(50)38-36-34-32-30-28-26-24-22-20-18-16-14-12-10-8-6-4-2/h5-8,11-14,17-20,42-43,48H,3-4,9-10,15-16,21-41H2,1-2H3,(H,47,49)(H,51,52)(H,53,54)/b7-5-,8-6-,13-11-,14-12-,19-17-,20-18-. The normalized spacial score (nSPS) is 14.4. The molecule has 0 saturated carbocycles. The molecular weight excluding hydrogens is 757 g/mol. The molecule has 0 saturated heterocycles. The van der Waals surface area contributed by atoms with Crippen molar-refractivity contribution in [1.29, 1.82) is 0 Å². The Hall–Kier alpha value is -3.08. The summed E-state index contributed by atoms with van der Waals surface area (Å²) in [6.07, 6.45) is 47.8. The zero-order valence-corrected chi connectivity index (χ0v) is 36.7. The molecule has 0 aliphatic carbocycles. The van der Waals surface area contributed by atoms with Crippen molar-refractivity contribution in [3.05, 3.63) is 72.9 Å². The molecule has 3 unspecified atom stereocenters. The molecule has 58 heavy (non-hydrogen) atoms. The number of carbonyl (C=O) groups is 3. The highest BCUT2D eigenvalue weighted by molar-refractivity contribution is 7.47. The quantitative estimate of drug-likeness (QED) is 0.0202. The number of hydrogen-bond acceptors (Lipinski definition) is 8. The number of ether oxygens (including phenoxy) is 1. The lowest BCUT2D eigenvalue weighted by atomic mass is 10.1. The van der Waals surface area contributed by atoms with E-state index in [-0.39, 0.29) is 12.8 Å². The molecule has 0 fully saturated rings. The van der Waals surface area contributed by atoms with Crippen LogP contribution < -0.4 is 5.32 Å². The van der Waals surface area contributed by atoms with Crippen LogP contribution in [0.15, 0.2) is 72.9 Å². The Kier molecular flexibility index (Phi) is 38.5. The second kappa shape index (κ2) is 40.7. The highest BCUT2D eigenvalue weighted by Gasteiger charge is 2.28. The summed E-state index contributed by atoms with van der Waals surface area (Å²) in [6.45, 7) is 2.35. The van der Waals surface area contributed by atoms with Gasteiger partial charge in [0.1, 0.15) is 12.7 Å². The van der Waals surface area contributed by atoms with Crippen LogP contribution >= 0.6 is 7.82 Å². The van der Waals surface area contributed by atoms with E-state index in [1.807, 2.05) is 0 Å². The second-order valence-corrected chi connectivity index (χ2v) is 15.9. The molecule has 4 N–H and O–H groups in total. The Morgan fingerprint density at radius 2 is 0.948 bits per heavy atom. The number of aliphatic carboxylic acids is 1. The number of aliphatic hydroxyl groups excluding tert-OH is 1. The molecule has 0 aromatic heterocycles. The van der Waals surface area contributed by atoms with Crippen molar-refractivity contribution >= 4 is 25.7 Å². The first-order valence-electron chi connectivity index (χ1n) is 22.0. The topological polar surface area (TPSA) is 169 Å². The Balaban J connectivity index is 3.93. The van der Waals surface area contributed by atoms with Crippen LogP contribution in [-0.2, 0) is 32.7 Å². The molecule has 0 aromatic carbocycles. The van der Waals surface area contributed by atoms with Crippen LogP contribution in [0, 0.1) is 0 Å². The van der Waals surface area contributed by atoms with E-state index in [0.29, 0.717) is 12.8 Å². The fourth-order valence-electron chi connectivity index (χ4n) is 5.64. The van der Waals surface area contributed by atoms with Gasteiger partial charge in [-0.25, -0.2) is 9.36 Å². The Morgan fingerprint density at radius 1 is 0.552 bits per heavy atom. The number of nitrogens with one attached hydrogen (secondary N) is 1. The summed E-state index contributed by atoms with van der Waals surface area (Å²) >= 11 is 0. The minimum atomic E-state index is -4.77. The maximum absolute atomic E-state index is 12.3. The number of amides is 1. The molecule has 0 rings (SSSR count). The Morgan fingerprint density at radius 3 is 1.41 bits per heavy atom. The molecule has 1 amide bonds. The summed E-state index contributed by atoms with van der Waals surface area (Å²) in [5.74, 6) is -2.41. The highest BCUT2D eigenvalue weighted by atomic mass is 31.2. The second-order valence-electron chi connectivity index (χ2n) is 14.5. The predicted octanol–water partition coefficient (Wildman–Crippen LogP) is 11.3. The zero-order chi connectivity index (χ0) is 42.8. The first-order valence-corrected chi connectivity index (χ1v) is 23.5. The van der Waals surface area contributed by atoms with Gasteiger partial charge in [0.2, 0.25) is 5.91 Å². The van der Waals surface area contributed by atoms with Crippen molar-refractivity contribution in [2.45, 2.75) is 180 Å². The number of carboxylic acid groups (broad SMARTS) is 1. The third-order valence-electron chi connectivity index (χ3n) is 8.99. The van der Waals surface area contributed by atoms with Gasteiger partial charge < -0.3 is 25.2 Å². The van der Waals surface area contributed by atoms with Crippen molar-refractivity contribution in [2.24, 2.45) is 0 Å². The van der Waals surface area contributed by atoms with Crippen LogP contribution in [0.1, 0.15) is 168 Å². The van der Waals surface area contributed by atoms with Crippen LogP contribution in [0.25, 0.3) is 0 Å². The van der Waals surface area contributed by atoms with E-state index in [1.165, 1.54) is 12.8 Å². The summed E-state index contributed by atoms with van der Waals surface area (Å²) in [4.78, 5) is 45.9. The van der Waals surface area contributed by atoms with Gasteiger partial charge in [-0.05, 0) is 77.0 Å². The number of aliphatic hydroxyl groups is 1. The number of rotatable bonds is 40. The smallest absolute Gasteiger partial charge is 0.472 e. The van der Waals surface area contributed by atoms with Crippen LogP contribution in [0.3, 0.4) is 0 Å². The van der Waals surface area contributed by atoms with Crippen molar-refractivity contribution in [1.82, 2.24) is 5.32 Å². The van der Waals surface area contributed by atoms with E-state index in [2.05, 4.69) is 92.1 Å². The van der Waals surface area contributed by atoms with Gasteiger partial charge in [-0.3, -0.25) is 18.6 Å². The van der Waals surface area contributed by atoms with E-state index in [1.54, 1.807) is 0 Å². The van der Waals surface area contributed by atoms with E-state index >= 15 is 0 Å². The zero-order valence-electron chi connectivity index (χ0n) is 35.8. The lowest BCUT2D eigenvalue weighted by Gasteiger charge is -2.18. The summed E-state index contributed by atoms with van der Waals surface area (Å²) < 4.78 is 26.8. The van der Waals surface area contributed by atoms with Gasteiger partial charge in [0, 0.05) is 12.8 Å². The third-order valence-corrected chi connectivity index (χ3v) is 9.94. The molecule has 0 spiro atoms. The van der Waals surface area contributed by atoms with E-state index in [4.69, 9.17) is 13.8 Å². The number of unbranched alkanes of at least 4 members (excludes halogenated alkanes) is 14. The lowest BCUT2D eigenvalue weighted by Crippen LogP contribution is -2.43. The van der Waals surface area contributed by atoms with Crippen LogP contribution in [0.4, 0.5) is 0 Å². The van der Waals surface area contributed by atoms with E-state index < -0.39 is 57.6 Å². The fourth-order valence-corrected chi connectivity index (χ4v) is 6.41. The summed E-state index contributed by atoms with van der Waals surface area (Å²) in [5.41, 5.74) is 0. The van der Waals surface area contributed by atoms with Crippen molar-refractivity contribution in [3.8, 4) is 0 Å². The molecule has 0 bridgehead atoms. The lowest BCUT2D eigenvalue weighted by molar-refractivity contribution is -0.147. The number of allylic oxidation sites excluding steroid dienone is 12. The molecule has 0 heterocycles. The highest BCUT2D eigenvalue weighted by Crippen LogP contribution is 2.43. The number of phosphoric acid groups is 1. The minimum absolute atomic E-state index is 0.130. The van der Waals surface area contributed by atoms with Crippen LogP contribution in [0.2, 0.25) is 0 Å². The minimum Gasteiger partial charge on any atom is -0.480 e. The SMILES string of the molecule is CC/C=C\C/C=C\C/C=C\CCCCCCCCCC(=O)NC(COP(=O)(O)OCC(O)COC(=O)CCCCCCCCC/C=C\C/C=C\C/C=C\CC)C(=O)O. The van der Waals surface area contributed by atoms with Gasteiger partial charge in [0.25, 0.3) is 0 Å². The molecule has 12 heteroatoms. The molecule has 0 aliphatic heterocycles. The van der Waals surface area contributed by atoms with Crippen LogP contribution in [0.5, 0.6) is 0 Å². The summed E-state index contributed by atoms with van der Waals surface area (Å²) in [7, 11) is -4.77. The number of hydrogen-bond donors (Lipinski definition) is 4.